The van der Waals surface area contributed by atoms with E-state index in [9.17, 15) is 4.79 Å². The molecule has 0 saturated carbocycles. The van der Waals surface area contributed by atoms with Crippen LogP contribution in [-0.4, -0.2) is 18.1 Å². The molecule has 3 nitrogen and oxygen atoms in total. The predicted molar refractivity (Wildman–Crippen MR) is 54.4 cm³/mol. The number of H-pyrrole nitrogens is 1. The number of aromatic amines is 1. The van der Waals surface area contributed by atoms with Crippen molar-refractivity contribution in [2.75, 3.05) is 7.11 Å². The Kier molecular flexibility index (Phi) is 2.00. The lowest BCUT2D eigenvalue weighted by atomic mass is 10.0. The van der Waals surface area contributed by atoms with Crippen molar-refractivity contribution >= 4 is 16.9 Å². The zero-order chi connectivity index (χ0) is 10.1. The Labute approximate surface area is 81.7 Å². The monoisotopic (exact) mass is 189 g/mol. The molecule has 0 aliphatic carbocycles. The quantitative estimate of drug-likeness (QED) is 0.699. The van der Waals surface area contributed by atoms with E-state index in [2.05, 4.69) is 4.98 Å². The number of carbonyl (C=O) groups is 1. The Morgan fingerprint density at radius 1 is 1.36 bits per heavy atom. The molecule has 1 aromatic heterocycles. The van der Waals surface area contributed by atoms with E-state index in [1.54, 1.807) is 6.07 Å². The van der Waals surface area contributed by atoms with E-state index in [-0.39, 0.29) is 5.97 Å². The van der Waals surface area contributed by atoms with Gasteiger partial charge in [-0.25, -0.2) is 4.79 Å². The fraction of sp³-hybridized carbons (Fsp3) is 0.182. The Morgan fingerprint density at radius 3 is 2.86 bits per heavy atom. The Bertz CT molecular complexity index is 485. The number of rotatable bonds is 1. The summed E-state index contributed by atoms with van der Waals surface area (Å²) in [7, 11) is 1.39. The lowest BCUT2D eigenvalue weighted by Crippen LogP contribution is -2.03. The summed E-state index contributed by atoms with van der Waals surface area (Å²) < 4.78 is 4.69. The summed E-state index contributed by atoms with van der Waals surface area (Å²) in [6.45, 7) is 1.92. The second kappa shape index (κ2) is 3.18. The largest absolute Gasteiger partial charge is 0.465 e. The molecular formula is C11H11NO2. The average Bonchev–Trinajstić information content (AvgIpc) is 2.66. The van der Waals surface area contributed by atoms with Crippen LogP contribution in [0.3, 0.4) is 0 Å². The first-order valence-electron chi connectivity index (χ1n) is 4.39. The molecule has 3 heteroatoms. The number of hydrogen-bond donors (Lipinski definition) is 1. The molecule has 0 spiro atoms. The zero-order valence-electron chi connectivity index (χ0n) is 8.13. The average molecular weight is 189 g/mol. The maximum atomic E-state index is 11.4. The molecule has 1 heterocycles. The highest BCUT2D eigenvalue weighted by molar-refractivity contribution is 5.97. The molecule has 0 unspecified atom stereocenters. The molecule has 1 N–H and O–H groups in total. The molecule has 0 aliphatic rings. The van der Waals surface area contributed by atoms with Gasteiger partial charge in [-0.2, -0.15) is 0 Å². The second-order valence-corrected chi connectivity index (χ2v) is 3.17. The van der Waals surface area contributed by atoms with Gasteiger partial charge in [0.1, 0.15) is 0 Å². The van der Waals surface area contributed by atoms with E-state index in [0.717, 1.165) is 16.5 Å². The van der Waals surface area contributed by atoms with Gasteiger partial charge in [0.15, 0.2) is 0 Å². The number of fused-ring (bicyclic) bond motifs is 1. The molecule has 0 fully saturated rings. The fourth-order valence-corrected chi connectivity index (χ4v) is 1.62. The van der Waals surface area contributed by atoms with Crippen LogP contribution in [0.15, 0.2) is 24.4 Å². The van der Waals surface area contributed by atoms with Crippen molar-refractivity contribution in [3.05, 3.63) is 35.5 Å². The number of aromatic nitrogens is 1. The molecule has 0 atom stereocenters. The van der Waals surface area contributed by atoms with Crippen molar-refractivity contribution in [2.45, 2.75) is 6.92 Å². The fourth-order valence-electron chi connectivity index (χ4n) is 1.62. The van der Waals surface area contributed by atoms with Crippen molar-refractivity contribution in [3.8, 4) is 0 Å². The number of nitrogens with one attached hydrogen (secondary N) is 1. The number of hydrogen-bond acceptors (Lipinski definition) is 2. The van der Waals surface area contributed by atoms with Crippen LogP contribution in [0.4, 0.5) is 0 Å². The van der Waals surface area contributed by atoms with Crippen LogP contribution in [0, 0.1) is 6.92 Å². The third-order valence-electron chi connectivity index (χ3n) is 2.41. The first-order valence-corrected chi connectivity index (χ1v) is 4.39. The summed E-state index contributed by atoms with van der Waals surface area (Å²) in [4.78, 5) is 14.5. The Hall–Kier alpha value is -1.77. The molecule has 0 radical (unpaired) electrons. The molecule has 0 aliphatic heterocycles. The maximum absolute atomic E-state index is 11.4. The van der Waals surface area contributed by atoms with E-state index >= 15 is 0 Å². The number of carbonyl (C=O) groups excluding carboxylic acids is 1. The molecule has 0 bridgehead atoms. The van der Waals surface area contributed by atoms with Crippen molar-refractivity contribution in [1.29, 1.82) is 0 Å². The number of ether oxygens (including phenoxy) is 1. The molecule has 1 aromatic carbocycles. The van der Waals surface area contributed by atoms with E-state index < -0.39 is 0 Å². The van der Waals surface area contributed by atoms with Gasteiger partial charge in [-0.15, -0.1) is 0 Å². The first-order chi connectivity index (χ1) is 6.74. The van der Waals surface area contributed by atoms with E-state index in [1.807, 2.05) is 25.3 Å². The van der Waals surface area contributed by atoms with Crippen molar-refractivity contribution in [2.24, 2.45) is 0 Å². The number of methoxy groups -OCH3 is 1. The third kappa shape index (κ3) is 1.18. The number of aryl methyl sites for hydroxylation is 1. The molecule has 0 saturated heterocycles. The second-order valence-electron chi connectivity index (χ2n) is 3.17. The minimum absolute atomic E-state index is 0.286. The van der Waals surface area contributed by atoms with Gasteiger partial charge in [0.25, 0.3) is 0 Å². The van der Waals surface area contributed by atoms with Crippen LogP contribution in [-0.2, 0) is 4.74 Å². The molecule has 0 amide bonds. The van der Waals surface area contributed by atoms with Gasteiger partial charge in [0, 0.05) is 17.1 Å². The van der Waals surface area contributed by atoms with E-state index in [1.165, 1.54) is 7.11 Å². The normalized spacial score (nSPS) is 10.4. The van der Waals surface area contributed by atoms with Crippen LogP contribution in [0.1, 0.15) is 15.9 Å². The van der Waals surface area contributed by atoms with Gasteiger partial charge in [0.2, 0.25) is 0 Å². The van der Waals surface area contributed by atoms with Gasteiger partial charge in [-0.1, -0.05) is 0 Å². The van der Waals surface area contributed by atoms with Crippen molar-refractivity contribution in [3.63, 3.8) is 0 Å². The lowest BCUT2D eigenvalue weighted by molar-refractivity contribution is 0.0600. The molecule has 14 heavy (non-hydrogen) atoms. The molecule has 2 aromatic rings. The van der Waals surface area contributed by atoms with Crippen LogP contribution in [0.5, 0.6) is 0 Å². The van der Waals surface area contributed by atoms with Gasteiger partial charge < -0.3 is 9.72 Å². The van der Waals surface area contributed by atoms with Crippen LogP contribution < -0.4 is 0 Å². The molecule has 2 rings (SSSR count). The highest BCUT2D eigenvalue weighted by Crippen LogP contribution is 2.21. The predicted octanol–water partition coefficient (Wildman–Crippen LogP) is 2.26. The van der Waals surface area contributed by atoms with E-state index in [0.29, 0.717) is 5.56 Å². The standard InChI is InChI=1S/C11H11NO2/c1-7-8-5-6-12-10(8)4-3-9(7)11(13)14-2/h3-6,12H,1-2H3. The summed E-state index contributed by atoms with van der Waals surface area (Å²) in [6, 6.07) is 5.62. The van der Waals surface area contributed by atoms with Crippen molar-refractivity contribution in [1.82, 2.24) is 4.98 Å². The van der Waals surface area contributed by atoms with Crippen LogP contribution >= 0.6 is 0 Å². The van der Waals surface area contributed by atoms with Crippen molar-refractivity contribution < 1.29 is 9.53 Å². The summed E-state index contributed by atoms with van der Waals surface area (Å²) >= 11 is 0. The van der Waals surface area contributed by atoms with Crippen LogP contribution in [0.2, 0.25) is 0 Å². The Balaban J connectivity index is 2.67. The molecule has 72 valence electrons. The van der Waals surface area contributed by atoms with Gasteiger partial charge >= 0.3 is 5.97 Å². The van der Waals surface area contributed by atoms with Crippen LogP contribution in [0.25, 0.3) is 10.9 Å². The van der Waals surface area contributed by atoms with Gasteiger partial charge in [0.05, 0.1) is 12.7 Å². The first kappa shape index (κ1) is 8.81. The number of esters is 1. The maximum Gasteiger partial charge on any atom is 0.338 e. The topological polar surface area (TPSA) is 42.1 Å². The summed E-state index contributed by atoms with van der Waals surface area (Å²) in [5, 5.41) is 1.06. The zero-order valence-corrected chi connectivity index (χ0v) is 8.13. The lowest BCUT2D eigenvalue weighted by Gasteiger charge is -2.04. The van der Waals surface area contributed by atoms with Gasteiger partial charge in [-0.05, 0) is 30.7 Å². The highest BCUT2D eigenvalue weighted by Gasteiger charge is 2.11. The summed E-state index contributed by atoms with van der Waals surface area (Å²) in [5.41, 5.74) is 2.62. The number of benzene rings is 1. The smallest absolute Gasteiger partial charge is 0.338 e. The van der Waals surface area contributed by atoms with Gasteiger partial charge in [-0.3, -0.25) is 0 Å². The third-order valence-corrected chi connectivity index (χ3v) is 2.41. The SMILES string of the molecule is COC(=O)c1ccc2[nH]ccc2c1C. The summed E-state index contributed by atoms with van der Waals surface area (Å²) in [5.74, 6) is -0.286. The minimum Gasteiger partial charge on any atom is -0.465 e. The van der Waals surface area contributed by atoms with E-state index in [4.69, 9.17) is 4.74 Å². The highest BCUT2D eigenvalue weighted by atomic mass is 16.5. The minimum atomic E-state index is -0.286. The summed E-state index contributed by atoms with van der Waals surface area (Å²) in [6.07, 6.45) is 1.86. The Morgan fingerprint density at radius 2 is 2.14 bits per heavy atom. The molecular weight excluding hydrogens is 178 g/mol.